The Morgan fingerprint density at radius 2 is 2.00 bits per heavy atom. The second-order valence-corrected chi connectivity index (χ2v) is 6.86. The SMILES string of the molecule is COc1ccc(S(=O)(=O)NC2(C)CCOCC2)cc1N. The normalized spacial score (nSPS) is 18.7. The summed E-state index contributed by atoms with van der Waals surface area (Å²) in [6.07, 6.45) is 1.30. The van der Waals surface area contributed by atoms with Crippen molar-refractivity contribution in [1.82, 2.24) is 4.72 Å². The molecule has 0 aliphatic carbocycles. The third-order valence-electron chi connectivity index (χ3n) is 3.49. The fourth-order valence-corrected chi connectivity index (χ4v) is 3.69. The van der Waals surface area contributed by atoms with Gasteiger partial charge in [-0.1, -0.05) is 0 Å². The lowest BCUT2D eigenvalue weighted by Gasteiger charge is -2.34. The van der Waals surface area contributed by atoms with Crippen LogP contribution >= 0.6 is 0 Å². The van der Waals surface area contributed by atoms with E-state index in [9.17, 15) is 8.42 Å². The van der Waals surface area contributed by atoms with E-state index >= 15 is 0 Å². The topological polar surface area (TPSA) is 90.7 Å². The van der Waals surface area contributed by atoms with Crippen molar-refractivity contribution < 1.29 is 17.9 Å². The van der Waals surface area contributed by atoms with Gasteiger partial charge in [0.1, 0.15) is 5.75 Å². The van der Waals surface area contributed by atoms with Gasteiger partial charge in [0.15, 0.2) is 0 Å². The zero-order chi connectivity index (χ0) is 14.8. The number of hydrogen-bond acceptors (Lipinski definition) is 5. The van der Waals surface area contributed by atoms with Crippen LogP contribution in [-0.4, -0.2) is 34.3 Å². The Bertz CT molecular complexity index is 580. The van der Waals surface area contributed by atoms with Gasteiger partial charge in [0, 0.05) is 18.8 Å². The smallest absolute Gasteiger partial charge is 0.241 e. The number of anilines is 1. The molecule has 0 unspecified atom stereocenters. The molecule has 1 aromatic rings. The van der Waals surface area contributed by atoms with Gasteiger partial charge in [0.25, 0.3) is 0 Å². The minimum atomic E-state index is -3.61. The molecule has 0 aromatic heterocycles. The van der Waals surface area contributed by atoms with E-state index in [0.29, 0.717) is 37.5 Å². The first-order chi connectivity index (χ1) is 9.36. The van der Waals surface area contributed by atoms with E-state index < -0.39 is 15.6 Å². The van der Waals surface area contributed by atoms with Gasteiger partial charge < -0.3 is 15.2 Å². The van der Waals surface area contributed by atoms with Gasteiger partial charge in [-0.05, 0) is 38.0 Å². The van der Waals surface area contributed by atoms with Crippen molar-refractivity contribution in [2.45, 2.75) is 30.2 Å². The molecule has 1 saturated heterocycles. The van der Waals surface area contributed by atoms with E-state index in [1.54, 1.807) is 6.07 Å². The molecule has 0 bridgehead atoms. The Balaban J connectivity index is 2.24. The average Bonchev–Trinajstić information content (AvgIpc) is 2.38. The van der Waals surface area contributed by atoms with Crippen LogP contribution in [0.3, 0.4) is 0 Å². The molecule has 0 spiro atoms. The Morgan fingerprint density at radius 3 is 2.55 bits per heavy atom. The number of methoxy groups -OCH3 is 1. The summed E-state index contributed by atoms with van der Waals surface area (Å²) in [5.41, 5.74) is 5.58. The van der Waals surface area contributed by atoms with Crippen molar-refractivity contribution in [1.29, 1.82) is 0 Å². The Hall–Kier alpha value is -1.31. The fraction of sp³-hybridized carbons (Fsp3) is 0.538. The minimum Gasteiger partial charge on any atom is -0.495 e. The molecule has 112 valence electrons. The standard InChI is InChI=1S/C13H20N2O4S/c1-13(5-7-19-8-6-13)15-20(16,17)10-3-4-12(18-2)11(14)9-10/h3-4,9,15H,5-8,14H2,1-2H3. The second kappa shape index (κ2) is 5.59. The molecule has 2 rings (SSSR count). The minimum absolute atomic E-state index is 0.142. The van der Waals surface area contributed by atoms with Crippen molar-refractivity contribution in [2.75, 3.05) is 26.1 Å². The van der Waals surface area contributed by atoms with Crippen LogP contribution in [0.5, 0.6) is 5.75 Å². The molecule has 6 nitrogen and oxygen atoms in total. The van der Waals surface area contributed by atoms with Crippen LogP contribution in [0.15, 0.2) is 23.1 Å². The molecule has 1 aromatic carbocycles. The molecule has 1 aliphatic rings. The molecule has 3 N–H and O–H groups in total. The van der Waals surface area contributed by atoms with Gasteiger partial charge in [0.05, 0.1) is 17.7 Å². The molecular weight excluding hydrogens is 280 g/mol. The average molecular weight is 300 g/mol. The van der Waals surface area contributed by atoms with Crippen LogP contribution in [0.25, 0.3) is 0 Å². The van der Waals surface area contributed by atoms with Crippen LogP contribution in [-0.2, 0) is 14.8 Å². The number of sulfonamides is 1. The first kappa shape index (κ1) is 15.1. The number of nitrogens with two attached hydrogens (primary N) is 1. The lowest BCUT2D eigenvalue weighted by molar-refractivity contribution is 0.0537. The van der Waals surface area contributed by atoms with Gasteiger partial charge in [-0.15, -0.1) is 0 Å². The Kier molecular flexibility index (Phi) is 4.22. The van der Waals surface area contributed by atoms with Crippen molar-refractivity contribution in [3.05, 3.63) is 18.2 Å². The number of nitrogen functional groups attached to an aromatic ring is 1. The van der Waals surface area contributed by atoms with Gasteiger partial charge in [-0.2, -0.15) is 0 Å². The molecular formula is C13H20N2O4S. The monoisotopic (exact) mass is 300 g/mol. The number of ether oxygens (including phenoxy) is 2. The van der Waals surface area contributed by atoms with E-state index in [-0.39, 0.29) is 4.90 Å². The van der Waals surface area contributed by atoms with Crippen LogP contribution in [0, 0.1) is 0 Å². The summed E-state index contributed by atoms with van der Waals surface area (Å²) in [6.45, 7) is 3.01. The highest BCUT2D eigenvalue weighted by Gasteiger charge is 2.32. The first-order valence-electron chi connectivity index (χ1n) is 6.42. The predicted octanol–water partition coefficient (Wildman–Crippen LogP) is 1.12. The molecule has 7 heteroatoms. The molecule has 1 aliphatic heterocycles. The summed E-state index contributed by atoms with van der Waals surface area (Å²) in [5, 5.41) is 0. The highest BCUT2D eigenvalue weighted by atomic mass is 32.2. The summed E-state index contributed by atoms with van der Waals surface area (Å²) in [4.78, 5) is 0.142. The highest BCUT2D eigenvalue weighted by Crippen LogP contribution is 2.27. The summed E-state index contributed by atoms with van der Waals surface area (Å²) in [7, 11) is -2.12. The third-order valence-corrected chi connectivity index (χ3v) is 5.12. The number of benzene rings is 1. The summed E-state index contributed by atoms with van der Waals surface area (Å²) < 4.78 is 37.9. The van der Waals surface area contributed by atoms with Gasteiger partial charge in [-0.3, -0.25) is 0 Å². The predicted molar refractivity (Wildman–Crippen MR) is 76.2 cm³/mol. The quantitative estimate of drug-likeness (QED) is 0.813. The van der Waals surface area contributed by atoms with Crippen molar-refractivity contribution in [3.8, 4) is 5.75 Å². The lowest BCUT2D eigenvalue weighted by Crippen LogP contribution is -2.49. The lowest BCUT2D eigenvalue weighted by atomic mass is 9.94. The van der Waals surface area contributed by atoms with E-state index in [1.165, 1.54) is 19.2 Å². The third kappa shape index (κ3) is 3.23. The maximum absolute atomic E-state index is 12.4. The Labute approximate surface area is 119 Å². The summed E-state index contributed by atoms with van der Waals surface area (Å²) in [6, 6.07) is 4.44. The van der Waals surface area contributed by atoms with E-state index in [0.717, 1.165) is 0 Å². The van der Waals surface area contributed by atoms with E-state index in [1.807, 2.05) is 6.92 Å². The number of nitrogens with one attached hydrogen (secondary N) is 1. The number of rotatable bonds is 4. The van der Waals surface area contributed by atoms with Crippen molar-refractivity contribution in [2.24, 2.45) is 0 Å². The Morgan fingerprint density at radius 1 is 1.35 bits per heavy atom. The summed E-state index contributed by atoms with van der Waals surface area (Å²) in [5.74, 6) is 0.459. The van der Waals surface area contributed by atoms with Crippen LogP contribution in [0.4, 0.5) is 5.69 Å². The van der Waals surface area contributed by atoms with E-state index in [2.05, 4.69) is 4.72 Å². The van der Waals surface area contributed by atoms with Crippen molar-refractivity contribution in [3.63, 3.8) is 0 Å². The molecule has 0 radical (unpaired) electrons. The van der Waals surface area contributed by atoms with Gasteiger partial charge in [-0.25, -0.2) is 13.1 Å². The molecule has 0 atom stereocenters. The second-order valence-electron chi connectivity index (χ2n) is 5.18. The zero-order valence-corrected chi connectivity index (χ0v) is 12.5. The first-order valence-corrected chi connectivity index (χ1v) is 7.90. The van der Waals surface area contributed by atoms with E-state index in [4.69, 9.17) is 15.2 Å². The molecule has 1 heterocycles. The van der Waals surface area contributed by atoms with Gasteiger partial charge >= 0.3 is 0 Å². The molecule has 20 heavy (non-hydrogen) atoms. The highest BCUT2D eigenvalue weighted by molar-refractivity contribution is 7.89. The van der Waals surface area contributed by atoms with Crippen molar-refractivity contribution >= 4 is 15.7 Å². The van der Waals surface area contributed by atoms with Crippen LogP contribution in [0.2, 0.25) is 0 Å². The van der Waals surface area contributed by atoms with Crippen LogP contribution in [0.1, 0.15) is 19.8 Å². The molecule has 0 amide bonds. The maximum Gasteiger partial charge on any atom is 0.241 e. The van der Waals surface area contributed by atoms with Crippen LogP contribution < -0.4 is 15.2 Å². The van der Waals surface area contributed by atoms with Gasteiger partial charge in [0.2, 0.25) is 10.0 Å². The summed E-state index contributed by atoms with van der Waals surface area (Å²) >= 11 is 0. The maximum atomic E-state index is 12.4. The largest absolute Gasteiger partial charge is 0.495 e. The molecule has 0 saturated carbocycles. The molecule has 1 fully saturated rings. The number of hydrogen-bond donors (Lipinski definition) is 2. The zero-order valence-electron chi connectivity index (χ0n) is 11.7. The fourth-order valence-electron chi connectivity index (χ4n) is 2.19.